The summed E-state index contributed by atoms with van der Waals surface area (Å²) < 4.78 is 5.11. The Labute approximate surface area is 118 Å². The van der Waals surface area contributed by atoms with Crippen molar-refractivity contribution in [2.24, 2.45) is 5.73 Å². The van der Waals surface area contributed by atoms with Crippen molar-refractivity contribution in [3.8, 4) is 5.75 Å². The summed E-state index contributed by atoms with van der Waals surface area (Å²) in [6.07, 6.45) is 1.58. The number of nitrogens with two attached hydrogens (primary N) is 1. The van der Waals surface area contributed by atoms with E-state index in [0.717, 1.165) is 16.7 Å². The maximum atomic E-state index is 11.4. The van der Waals surface area contributed by atoms with E-state index in [9.17, 15) is 9.59 Å². The Morgan fingerprint density at radius 3 is 2.80 bits per heavy atom. The van der Waals surface area contributed by atoms with Crippen molar-refractivity contribution < 1.29 is 19.4 Å². The second-order valence-electron chi connectivity index (χ2n) is 3.93. The highest BCUT2D eigenvalue weighted by molar-refractivity contribution is 8.00. The third kappa shape index (κ3) is 2.83. The van der Waals surface area contributed by atoms with Crippen LogP contribution >= 0.6 is 11.8 Å². The first-order chi connectivity index (χ1) is 9.52. The van der Waals surface area contributed by atoms with Crippen molar-refractivity contribution in [2.75, 3.05) is 12.9 Å². The van der Waals surface area contributed by atoms with Gasteiger partial charge in [-0.3, -0.25) is 14.6 Å². The van der Waals surface area contributed by atoms with E-state index in [1.54, 1.807) is 24.4 Å². The molecule has 6 nitrogen and oxygen atoms in total. The summed E-state index contributed by atoms with van der Waals surface area (Å²) >= 11 is 1.16. The molecule has 0 fully saturated rings. The number of carboxylic acid groups (broad SMARTS) is 1. The lowest BCUT2D eigenvalue weighted by molar-refractivity contribution is -0.133. The van der Waals surface area contributed by atoms with Gasteiger partial charge in [0.2, 0.25) is 0 Å². The molecular formula is C13H12N2O4S. The molecule has 0 unspecified atom stereocenters. The van der Waals surface area contributed by atoms with Gasteiger partial charge in [0.15, 0.2) is 0 Å². The second-order valence-corrected chi connectivity index (χ2v) is 4.94. The van der Waals surface area contributed by atoms with E-state index >= 15 is 0 Å². The van der Waals surface area contributed by atoms with Crippen LogP contribution in [0.2, 0.25) is 0 Å². The fraction of sp³-hybridized carbons (Fsp3) is 0.154. The van der Waals surface area contributed by atoms with Crippen LogP contribution in [-0.4, -0.2) is 34.8 Å². The van der Waals surface area contributed by atoms with Crippen molar-refractivity contribution >= 4 is 34.5 Å². The van der Waals surface area contributed by atoms with E-state index < -0.39 is 11.9 Å². The van der Waals surface area contributed by atoms with Crippen molar-refractivity contribution in [3.05, 3.63) is 30.0 Å². The van der Waals surface area contributed by atoms with Crippen LogP contribution in [0.3, 0.4) is 0 Å². The van der Waals surface area contributed by atoms with Crippen LogP contribution < -0.4 is 10.5 Å². The normalized spacial score (nSPS) is 10.4. The number of aliphatic carboxylic acids is 1. The third-order valence-electron chi connectivity index (χ3n) is 2.64. The number of hydrogen-bond acceptors (Lipinski definition) is 5. The summed E-state index contributed by atoms with van der Waals surface area (Å²) in [6.45, 7) is 0. The molecule has 1 amide bonds. The summed E-state index contributed by atoms with van der Waals surface area (Å²) in [5.74, 6) is -1.25. The second kappa shape index (κ2) is 5.79. The van der Waals surface area contributed by atoms with Crippen LogP contribution in [-0.2, 0) is 4.79 Å². The number of thioether (sulfide) groups is 1. The van der Waals surface area contributed by atoms with Crippen LogP contribution in [0, 0.1) is 0 Å². The van der Waals surface area contributed by atoms with Crippen molar-refractivity contribution in [1.29, 1.82) is 0 Å². The lowest BCUT2D eigenvalue weighted by atomic mass is 10.1. The van der Waals surface area contributed by atoms with Crippen molar-refractivity contribution in [3.63, 3.8) is 0 Å². The first kappa shape index (κ1) is 14.1. The molecule has 0 saturated heterocycles. The average Bonchev–Trinajstić information content (AvgIpc) is 2.43. The van der Waals surface area contributed by atoms with Gasteiger partial charge in [0.1, 0.15) is 5.75 Å². The predicted octanol–water partition coefficient (Wildman–Crippen LogP) is 1.52. The molecule has 0 aliphatic rings. The Balaban J connectivity index is 2.58. The van der Waals surface area contributed by atoms with E-state index in [4.69, 9.17) is 15.6 Å². The molecule has 0 bridgehead atoms. The van der Waals surface area contributed by atoms with Gasteiger partial charge in [-0.2, -0.15) is 0 Å². The zero-order valence-electron chi connectivity index (χ0n) is 10.6. The largest absolute Gasteiger partial charge is 0.496 e. The summed E-state index contributed by atoms with van der Waals surface area (Å²) in [5.41, 5.74) is 6.17. The minimum Gasteiger partial charge on any atom is -0.496 e. The van der Waals surface area contributed by atoms with Crippen LogP contribution in [0.5, 0.6) is 5.75 Å². The number of methoxy groups -OCH3 is 1. The Morgan fingerprint density at radius 2 is 2.20 bits per heavy atom. The number of rotatable bonds is 5. The summed E-state index contributed by atoms with van der Waals surface area (Å²) in [4.78, 5) is 27.0. The summed E-state index contributed by atoms with van der Waals surface area (Å²) in [7, 11) is 1.44. The lowest BCUT2D eigenvalue weighted by Crippen LogP contribution is -2.12. The molecule has 0 aliphatic heterocycles. The Bertz CT molecular complexity index is 687. The first-order valence-corrected chi connectivity index (χ1v) is 6.62. The Morgan fingerprint density at radius 1 is 1.45 bits per heavy atom. The zero-order chi connectivity index (χ0) is 14.7. The van der Waals surface area contributed by atoms with Gasteiger partial charge in [0, 0.05) is 22.5 Å². The van der Waals surface area contributed by atoms with Gasteiger partial charge in [0.05, 0.1) is 23.9 Å². The topological polar surface area (TPSA) is 103 Å². The molecular weight excluding hydrogens is 280 g/mol. The molecule has 2 rings (SSSR count). The molecule has 1 heterocycles. The predicted molar refractivity (Wildman–Crippen MR) is 75.2 cm³/mol. The first-order valence-electron chi connectivity index (χ1n) is 5.64. The number of carboxylic acids is 1. The molecule has 3 N–H and O–H groups in total. The van der Waals surface area contributed by atoms with Gasteiger partial charge in [-0.15, -0.1) is 11.8 Å². The smallest absolute Gasteiger partial charge is 0.313 e. The molecule has 0 radical (unpaired) electrons. The minimum atomic E-state index is -0.913. The quantitative estimate of drug-likeness (QED) is 0.810. The van der Waals surface area contributed by atoms with Gasteiger partial charge in [-0.25, -0.2) is 0 Å². The molecule has 0 saturated carbocycles. The molecule has 0 atom stereocenters. The standard InChI is InChI=1S/C13H12N2O4S/c1-19-10-5-9-7(4-8(10)13(14)18)11(2-3-15-9)20-6-12(16)17/h2-5H,6H2,1H3,(H2,14,18)(H,16,17). The van der Waals surface area contributed by atoms with Crippen molar-refractivity contribution in [1.82, 2.24) is 4.98 Å². The fourth-order valence-corrected chi connectivity index (χ4v) is 2.53. The van der Waals surface area contributed by atoms with Crippen LogP contribution in [0.4, 0.5) is 0 Å². The molecule has 20 heavy (non-hydrogen) atoms. The number of ether oxygens (including phenoxy) is 1. The Kier molecular flexibility index (Phi) is 4.09. The van der Waals surface area contributed by atoms with Gasteiger partial charge in [0.25, 0.3) is 5.91 Å². The van der Waals surface area contributed by atoms with Crippen molar-refractivity contribution in [2.45, 2.75) is 4.90 Å². The fourth-order valence-electron chi connectivity index (χ4n) is 1.78. The number of carbonyl (C=O) groups excluding carboxylic acids is 1. The molecule has 1 aromatic heterocycles. The molecule has 104 valence electrons. The molecule has 1 aromatic carbocycles. The number of primary amides is 1. The number of carbonyl (C=O) groups is 2. The van der Waals surface area contributed by atoms with E-state index in [1.165, 1.54) is 7.11 Å². The average molecular weight is 292 g/mol. The SMILES string of the molecule is COc1cc2nccc(SCC(=O)O)c2cc1C(N)=O. The summed E-state index contributed by atoms with van der Waals surface area (Å²) in [6, 6.07) is 4.89. The van der Waals surface area contributed by atoms with Crippen LogP contribution in [0.15, 0.2) is 29.3 Å². The molecule has 7 heteroatoms. The highest BCUT2D eigenvalue weighted by Crippen LogP contribution is 2.31. The van der Waals surface area contributed by atoms with E-state index in [2.05, 4.69) is 4.98 Å². The Hall–Kier alpha value is -2.28. The van der Waals surface area contributed by atoms with E-state index in [-0.39, 0.29) is 11.3 Å². The highest BCUT2D eigenvalue weighted by atomic mass is 32.2. The summed E-state index contributed by atoms with van der Waals surface area (Å²) in [5, 5.41) is 9.42. The minimum absolute atomic E-state index is 0.0724. The monoisotopic (exact) mass is 292 g/mol. The maximum absolute atomic E-state index is 11.4. The zero-order valence-corrected chi connectivity index (χ0v) is 11.4. The maximum Gasteiger partial charge on any atom is 0.313 e. The van der Waals surface area contributed by atoms with Gasteiger partial charge in [-0.1, -0.05) is 0 Å². The number of hydrogen-bond donors (Lipinski definition) is 2. The lowest BCUT2D eigenvalue weighted by Gasteiger charge is -2.09. The number of aromatic nitrogens is 1. The van der Waals surface area contributed by atoms with Crippen LogP contribution in [0.25, 0.3) is 10.9 Å². The van der Waals surface area contributed by atoms with Gasteiger partial charge >= 0.3 is 5.97 Å². The van der Waals surface area contributed by atoms with Gasteiger partial charge < -0.3 is 15.6 Å². The highest BCUT2D eigenvalue weighted by Gasteiger charge is 2.13. The number of pyridine rings is 1. The number of fused-ring (bicyclic) bond motifs is 1. The number of amides is 1. The molecule has 0 aliphatic carbocycles. The third-order valence-corrected chi connectivity index (χ3v) is 3.70. The van der Waals surface area contributed by atoms with E-state index in [0.29, 0.717) is 16.7 Å². The molecule has 2 aromatic rings. The van der Waals surface area contributed by atoms with Crippen LogP contribution in [0.1, 0.15) is 10.4 Å². The number of benzene rings is 1. The van der Waals surface area contributed by atoms with E-state index in [1.807, 2.05) is 0 Å². The molecule has 0 spiro atoms. The van der Waals surface area contributed by atoms with Gasteiger partial charge in [-0.05, 0) is 12.1 Å². The number of nitrogens with zero attached hydrogens (tertiary/aromatic N) is 1.